The summed E-state index contributed by atoms with van der Waals surface area (Å²) in [5, 5.41) is 5.41. The minimum Gasteiger partial charge on any atom is -0.432 e. The predicted molar refractivity (Wildman–Crippen MR) is 77.3 cm³/mol. The molecule has 0 aliphatic carbocycles. The number of hydrogen-bond donors (Lipinski definition) is 1. The topological polar surface area (TPSA) is 54.2 Å². The molecule has 0 spiro atoms. The molecule has 0 bridgehead atoms. The monoisotopic (exact) mass is 280 g/mol. The third-order valence-electron chi connectivity index (χ3n) is 2.55. The Morgan fingerprint density at radius 3 is 2.79 bits per heavy atom. The van der Waals surface area contributed by atoms with Gasteiger partial charge in [0.25, 0.3) is 6.01 Å². The summed E-state index contributed by atoms with van der Waals surface area (Å²) in [7, 11) is 1.95. The number of rotatable bonds is 5. The highest BCUT2D eigenvalue weighted by Gasteiger charge is 2.13. The quantitative estimate of drug-likeness (QED) is 0.912. The van der Waals surface area contributed by atoms with Gasteiger partial charge in [-0.25, -0.2) is 4.98 Å². The van der Waals surface area contributed by atoms with E-state index in [0.717, 1.165) is 11.4 Å². The van der Waals surface area contributed by atoms with Crippen LogP contribution in [-0.2, 0) is 13.1 Å². The number of nitrogens with zero attached hydrogens (tertiary/aromatic N) is 3. The molecule has 0 unspecified atom stereocenters. The number of aromatic nitrogens is 2. The summed E-state index contributed by atoms with van der Waals surface area (Å²) in [5.74, 6) is 0. The molecule has 0 amide bonds. The van der Waals surface area contributed by atoms with Gasteiger partial charge in [0, 0.05) is 24.5 Å². The number of thiazole rings is 1. The van der Waals surface area contributed by atoms with E-state index in [0.29, 0.717) is 19.1 Å². The first kappa shape index (κ1) is 14.0. The van der Waals surface area contributed by atoms with E-state index in [4.69, 9.17) is 4.42 Å². The second-order valence-electron chi connectivity index (χ2n) is 5.56. The molecule has 2 rings (SSSR count). The van der Waals surface area contributed by atoms with Crippen LogP contribution >= 0.6 is 11.3 Å². The molecule has 0 aliphatic heterocycles. The van der Waals surface area contributed by atoms with Crippen LogP contribution in [0, 0.1) is 0 Å². The van der Waals surface area contributed by atoms with Crippen LogP contribution < -0.4 is 10.2 Å². The van der Waals surface area contributed by atoms with Crippen molar-refractivity contribution in [1.29, 1.82) is 0 Å². The number of nitrogens with one attached hydrogen (secondary N) is 1. The van der Waals surface area contributed by atoms with E-state index in [9.17, 15) is 0 Å². The zero-order chi connectivity index (χ0) is 13.9. The zero-order valence-corrected chi connectivity index (χ0v) is 12.6. The summed E-state index contributed by atoms with van der Waals surface area (Å²) in [6.45, 7) is 7.79. The maximum absolute atomic E-state index is 5.49. The van der Waals surface area contributed by atoms with Crippen molar-refractivity contribution in [2.24, 2.45) is 0 Å². The first-order chi connectivity index (χ1) is 8.94. The molecule has 0 fully saturated rings. The molecule has 0 atom stereocenters. The van der Waals surface area contributed by atoms with E-state index in [-0.39, 0.29) is 5.54 Å². The van der Waals surface area contributed by atoms with Crippen molar-refractivity contribution in [1.82, 2.24) is 15.3 Å². The van der Waals surface area contributed by atoms with E-state index in [1.54, 1.807) is 17.6 Å². The van der Waals surface area contributed by atoms with Gasteiger partial charge in [0.1, 0.15) is 6.26 Å². The Morgan fingerprint density at radius 2 is 2.16 bits per heavy atom. The van der Waals surface area contributed by atoms with Gasteiger partial charge in [-0.1, -0.05) is 0 Å². The lowest BCUT2D eigenvalue weighted by Crippen LogP contribution is -2.35. The van der Waals surface area contributed by atoms with Crippen molar-refractivity contribution in [2.75, 3.05) is 11.9 Å². The molecule has 6 heteroatoms. The molecule has 5 nitrogen and oxygen atoms in total. The van der Waals surface area contributed by atoms with Gasteiger partial charge >= 0.3 is 0 Å². The summed E-state index contributed by atoms with van der Waals surface area (Å²) in [6, 6.07) is 0.624. The van der Waals surface area contributed by atoms with Gasteiger partial charge in [0.2, 0.25) is 0 Å². The first-order valence-corrected chi connectivity index (χ1v) is 7.16. The maximum Gasteiger partial charge on any atom is 0.297 e. The summed E-state index contributed by atoms with van der Waals surface area (Å²) < 4.78 is 5.49. The van der Waals surface area contributed by atoms with Gasteiger partial charge in [-0.15, -0.1) is 11.3 Å². The Kier molecular flexibility index (Phi) is 4.21. The van der Waals surface area contributed by atoms with E-state index < -0.39 is 0 Å². The third-order valence-corrected chi connectivity index (χ3v) is 3.18. The standard InChI is InChI=1S/C13H20N4OS/c1-13(2,3)15-5-10-7-18-12(16-10)17(4)6-11-8-19-9-14-11/h7-9,15H,5-6H2,1-4H3. The minimum atomic E-state index is 0.0750. The van der Waals surface area contributed by atoms with Gasteiger partial charge in [-0.2, -0.15) is 4.98 Å². The second-order valence-corrected chi connectivity index (χ2v) is 6.28. The van der Waals surface area contributed by atoms with E-state index in [1.165, 1.54) is 0 Å². The molecule has 2 heterocycles. The van der Waals surface area contributed by atoms with Gasteiger partial charge < -0.3 is 14.6 Å². The molecule has 0 aromatic carbocycles. The van der Waals surface area contributed by atoms with Crippen LogP contribution in [0.15, 0.2) is 21.6 Å². The van der Waals surface area contributed by atoms with Gasteiger partial charge in [-0.05, 0) is 20.8 Å². The average molecular weight is 280 g/mol. The van der Waals surface area contributed by atoms with Crippen LogP contribution in [0.5, 0.6) is 0 Å². The first-order valence-electron chi connectivity index (χ1n) is 6.22. The zero-order valence-electron chi connectivity index (χ0n) is 11.8. The smallest absolute Gasteiger partial charge is 0.297 e. The molecular formula is C13H20N4OS. The molecular weight excluding hydrogens is 260 g/mol. The van der Waals surface area contributed by atoms with Crippen molar-refractivity contribution in [3.05, 3.63) is 28.5 Å². The Labute approximate surface area is 117 Å². The van der Waals surface area contributed by atoms with Crippen LogP contribution in [0.4, 0.5) is 6.01 Å². The molecule has 0 aliphatic rings. The van der Waals surface area contributed by atoms with Crippen molar-refractivity contribution in [3.63, 3.8) is 0 Å². The van der Waals surface area contributed by atoms with Crippen molar-refractivity contribution in [3.8, 4) is 0 Å². The van der Waals surface area contributed by atoms with Crippen molar-refractivity contribution >= 4 is 17.4 Å². The maximum atomic E-state index is 5.49. The molecule has 0 saturated heterocycles. The van der Waals surface area contributed by atoms with Crippen molar-refractivity contribution in [2.45, 2.75) is 39.4 Å². The third kappa shape index (κ3) is 4.33. The van der Waals surface area contributed by atoms with Crippen LogP contribution in [0.1, 0.15) is 32.2 Å². The molecule has 104 valence electrons. The fraction of sp³-hybridized carbons (Fsp3) is 0.538. The summed E-state index contributed by atoms with van der Waals surface area (Å²) in [6.07, 6.45) is 1.70. The lowest BCUT2D eigenvalue weighted by atomic mass is 10.1. The Hall–Kier alpha value is -1.40. The normalized spacial score (nSPS) is 11.8. The van der Waals surface area contributed by atoms with E-state index in [1.807, 2.05) is 22.8 Å². The average Bonchev–Trinajstić information content (AvgIpc) is 2.95. The second kappa shape index (κ2) is 5.71. The lowest BCUT2D eigenvalue weighted by Gasteiger charge is -2.19. The molecule has 2 aromatic rings. The molecule has 19 heavy (non-hydrogen) atoms. The molecule has 0 saturated carbocycles. The number of anilines is 1. The molecule has 0 radical (unpaired) electrons. The lowest BCUT2D eigenvalue weighted by molar-refractivity contribution is 0.421. The Balaban J connectivity index is 1.92. The highest BCUT2D eigenvalue weighted by atomic mass is 32.1. The Morgan fingerprint density at radius 1 is 1.37 bits per heavy atom. The van der Waals surface area contributed by atoms with Crippen LogP contribution in [-0.4, -0.2) is 22.6 Å². The largest absolute Gasteiger partial charge is 0.432 e. The summed E-state index contributed by atoms with van der Waals surface area (Å²) in [5.41, 5.74) is 3.85. The highest BCUT2D eigenvalue weighted by molar-refractivity contribution is 7.07. The SMILES string of the molecule is CN(Cc1cscn1)c1nc(CNC(C)(C)C)co1. The molecule has 2 aromatic heterocycles. The minimum absolute atomic E-state index is 0.0750. The van der Waals surface area contributed by atoms with Crippen LogP contribution in [0.25, 0.3) is 0 Å². The highest BCUT2D eigenvalue weighted by Crippen LogP contribution is 2.15. The van der Waals surface area contributed by atoms with Crippen molar-refractivity contribution < 1.29 is 4.42 Å². The van der Waals surface area contributed by atoms with Gasteiger partial charge in [0.05, 0.1) is 23.4 Å². The fourth-order valence-electron chi connectivity index (χ4n) is 1.53. The fourth-order valence-corrected chi connectivity index (χ4v) is 2.08. The Bertz CT molecular complexity index is 501. The van der Waals surface area contributed by atoms with Crippen LogP contribution in [0.2, 0.25) is 0 Å². The van der Waals surface area contributed by atoms with E-state index >= 15 is 0 Å². The summed E-state index contributed by atoms with van der Waals surface area (Å²) >= 11 is 1.59. The van der Waals surface area contributed by atoms with E-state index in [2.05, 4.69) is 36.1 Å². The van der Waals surface area contributed by atoms with Gasteiger partial charge in [-0.3, -0.25) is 0 Å². The summed E-state index contributed by atoms with van der Waals surface area (Å²) in [4.78, 5) is 10.7. The molecule has 1 N–H and O–H groups in total. The van der Waals surface area contributed by atoms with Crippen LogP contribution in [0.3, 0.4) is 0 Å². The predicted octanol–water partition coefficient (Wildman–Crippen LogP) is 2.66. The van der Waals surface area contributed by atoms with Gasteiger partial charge in [0.15, 0.2) is 0 Å². The number of hydrogen-bond acceptors (Lipinski definition) is 6. The number of oxazole rings is 1.